The molecule has 1 heterocycles. The highest BCUT2D eigenvalue weighted by Crippen LogP contribution is 2.36. The Morgan fingerprint density at radius 3 is 2.52 bits per heavy atom. The molecular weight excluding hydrogens is 568 g/mol. The Hall–Kier alpha value is -4.17. The van der Waals surface area contributed by atoms with Gasteiger partial charge in [-0.15, -0.1) is 0 Å². The number of nitrogens with one attached hydrogen (secondary N) is 2. The minimum absolute atomic E-state index is 0.00872. The van der Waals surface area contributed by atoms with Crippen molar-refractivity contribution in [3.05, 3.63) is 89.0 Å². The molecule has 0 spiro atoms. The quantitative estimate of drug-likeness (QED) is 0.197. The van der Waals surface area contributed by atoms with Crippen LogP contribution in [0.1, 0.15) is 46.5 Å². The van der Waals surface area contributed by atoms with Crippen LogP contribution in [-0.4, -0.2) is 47.3 Å². The number of aryl methyl sites for hydroxylation is 1. The predicted molar refractivity (Wildman–Crippen MR) is 150 cm³/mol. The lowest BCUT2D eigenvalue weighted by Gasteiger charge is -2.21. The standard InChI is InChI=1S/C29H32N2O10S/c1-3-7-21-16-23(28(32)30-39-18-20-8-5-4-6-9-20)11-12-24(21)41-27(22-10-13-25-26(17-22)38-19-37-25)29(33)31-42(34,35)40-15-14-36-2/h4-6,8-13,16-17,27H,3,7,14-15,18-19H2,1-2H3,(H,30,32)(H,31,33). The van der Waals surface area contributed by atoms with Crippen molar-refractivity contribution in [3.63, 3.8) is 0 Å². The number of ether oxygens (including phenoxy) is 4. The van der Waals surface area contributed by atoms with Crippen molar-refractivity contribution in [1.82, 2.24) is 10.2 Å². The first-order valence-electron chi connectivity index (χ1n) is 13.1. The number of rotatable bonds is 15. The van der Waals surface area contributed by atoms with E-state index in [1.165, 1.54) is 19.2 Å². The van der Waals surface area contributed by atoms with Gasteiger partial charge >= 0.3 is 10.3 Å². The fourth-order valence-corrected chi connectivity index (χ4v) is 4.73. The van der Waals surface area contributed by atoms with Crippen molar-refractivity contribution in [1.29, 1.82) is 0 Å². The normalized spacial score (nSPS) is 12.9. The Labute approximate surface area is 244 Å². The number of benzene rings is 3. The fourth-order valence-electron chi connectivity index (χ4n) is 4.03. The molecule has 0 fully saturated rings. The third-order valence-corrected chi connectivity index (χ3v) is 6.95. The van der Waals surface area contributed by atoms with E-state index in [4.69, 9.17) is 28.0 Å². The topological polar surface area (TPSA) is 148 Å². The zero-order chi connectivity index (χ0) is 30.0. The summed E-state index contributed by atoms with van der Waals surface area (Å²) in [6.07, 6.45) is -0.214. The average Bonchev–Trinajstić information content (AvgIpc) is 3.45. The molecule has 0 bridgehead atoms. The Morgan fingerprint density at radius 1 is 0.976 bits per heavy atom. The van der Waals surface area contributed by atoms with Gasteiger partial charge in [0.15, 0.2) is 11.5 Å². The molecule has 1 aliphatic rings. The number of hydroxylamine groups is 1. The van der Waals surface area contributed by atoms with Crippen molar-refractivity contribution in [3.8, 4) is 17.2 Å². The second kappa shape index (κ2) is 14.6. The van der Waals surface area contributed by atoms with E-state index in [9.17, 15) is 18.0 Å². The van der Waals surface area contributed by atoms with Crippen molar-refractivity contribution in [2.24, 2.45) is 0 Å². The third kappa shape index (κ3) is 8.42. The van der Waals surface area contributed by atoms with Crippen LogP contribution in [0.2, 0.25) is 0 Å². The second-order valence-corrected chi connectivity index (χ2v) is 10.5. The van der Waals surface area contributed by atoms with Crippen molar-refractivity contribution in [2.75, 3.05) is 27.1 Å². The van der Waals surface area contributed by atoms with Crippen LogP contribution in [0.15, 0.2) is 66.7 Å². The van der Waals surface area contributed by atoms with Gasteiger partial charge in [0, 0.05) is 18.2 Å². The molecule has 224 valence electrons. The molecule has 3 aromatic carbocycles. The summed E-state index contributed by atoms with van der Waals surface area (Å²) in [5.74, 6) is -0.312. The third-order valence-electron chi connectivity index (χ3n) is 6.02. The number of carbonyl (C=O) groups is 2. The molecular formula is C29H32N2O10S. The van der Waals surface area contributed by atoms with E-state index in [1.54, 1.807) is 24.3 Å². The fraction of sp³-hybridized carbons (Fsp3) is 0.310. The molecule has 0 aromatic heterocycles. The first-order chi connectivity index (χ1) is 20.3. The Balaban J connectivity index is 1.55. The number of methoxy groups -OCH3 is 1. The van der Waals surface area contributed by atoms with E-state index in [-0.39, 0.29) is 32.4 Å². The molecule has 0 radical (unpaired) electrons. The summed E-state index contributed by atoms with van der Waals surface area (Å²) < 4.78 is 53.2. The van der Waals surface area contributed by atoms with E-state index >= 15 is 0 Å². The van der Waals surface area contributed by atoms with Crippen molar-refractivity contribution < 1.29 is 46.0 Å². The highest BCUT2D eigenvalue weighted by molar-refractivity contribution is 7.85. The van der Waals surface area contributed by atoms with Crippen LogP contribution in [0.3, 0.4) is 0 Å². The lowest BCUT2D eigenvalue weighted by Crippen LogP contribution is -2.38. The van der Waals surface area contributed by atoms with Crippen LogP contribution in [0.4, 0.5) is 0 Å². The summed E-state index contributed by atoms with van der Waals surface area (Å²) in [6.45, 7) is 1.88. The molecule has 13 heteroatoms. The van der Waals surface area contributed by atoms with Gasteiger partial charge in [0.2, 0.25) is 12.9 Å². The zero-order valence-corrected chi connectivity index (χ0v) is 24.0. The van der Waals surface area contributed by atoms with Gasteiger partial charge in [-0.3, -0.25) is 18.6 Å². The van der Waals surface area contributed by atoms with Crippen LogP contribution < -0.4 is 24.4 Å². The zero-order valence-electron chi connectivity index (χ0n) is 23.2. The van der Waals surface area contributed by atoms with E-state index in [2.05, 4.69) is 5.48 Å². The van der Waals surface area contributed by atoms with Crippen LogP contribution in [-0.2, 0) is 41.9 Å². The Bertz CT molecular complexity index is 1480. The van der Waals surface area contributed by atoms with E-state index in [1.807, 2.05) is 42.0 Å². The molecule has 0 aliphatic carbocycles. The average molecular weight is 601 g/mol. The first kappa shape index (κ1) is 30.8. The van der Waals surface area contributed by atoms with E-state index in [0.717, 1.165) is 5.56 Å². The summed E-state index contributed by atoms with van der Waals surface area (Å²) in [6, 6.07) is 18.8. The lowest BCUT2D eigenvalue weighted by molar-refractivity contribution is -0.126. The minimum Gasteiger partial charge on any atom is -0.475 e. The number of hydrogen-bond acceptors (Lipinski definition) is 10. The van der Waals surface area contributed by atoms with Gasteiger partial charge in [-0.2, -0.15) is 8.42 Å². The van der Waals surface area contributed by atoms with Gasteiger partial charge in [-0.05, 0) is 47.9 Å². The lowest BCUT2D eigenvalue weighted by atomic mass is 10.0. The highest BCUT2D eigenvalue weighted by Gasteiger charge is 2.30. The summed E-state index contributed by atoms with van der Waals surface area (Å²) in [5.41, 5.74) is 4.58. The summed E-state index contributed by atoms with van der Waals surface area (Å²) in [4.78, 5) is 31.4. The maximum absolute atomic E-state index is 13.3. The van der Waals surface area contributed by atoms with Crippen LogP contribution in [0.5, 0.6) is 17.2 Å². The number of fused-ring (bicyclic) bond motifs is 1. The number of hydrogen-bond donors (Lipinski definition) is 2. The van der Waals surface area contributed by atoms with Gasteiger partial charge in [0.1, 0.15) is 5.75 Å². The van der Waals surface area contributed by atoms with Gasteiger partial charge in [-0.1, -0.05) is 49.7 Å². The molecule has 0 saturated carbocycles. The molecule has 4 rings (SSSR count). The molecule has 1 atom stereocenters. The summed E-state index contributed by atoms with van der Waals surface area (Å²) in [7, 11) is -3.07. The number of amides is 2. The highest BCUT2D eigenvalue weighted by atomic mass is 32.2. The minimum atomic E-state index is -4.46. The Kier molecular flexibility index (Phi) is 10.7. The van der Waals surface area contributed by atoms with E-state index in [0.29, 0.717) is 41.0 Å². The first-order valence-corrected chi connectivity index (χ1v) is 14.6. The largest absolute Gasteiger partial charge is 0.475 e. The maximum atomic E-state index is 13.3. The van der Waals surface area contributed by atoms with Crippen LogP contribution in [0, 0.1) is 0 Å². The number of carbonyl (C=O) groups excluding carboxylic acids is 2. The second-order valence-electron chi connectivity index (χ2n) is 9.12. The molecule has 1 unspecified atom stereocenters. The van der Waals surface area contributed by atoms with Crippen LogP contribution >= 0.6 is 0 Å². The van der Waals surface area contributed by atoms with Crippen molar-refractivity contribution >= 4 is 22.1 Å². The molecule has 1 aliphatic heterocycles. The SMILES string of the molecule is CCCc1cc(C(=O)NOCc2ccccc2)ccc1OC(C(=O)NS(=O)(=O)OCCOC)c1ccc2c(c1)OCO2. The molecule has 3 aromatic rings. The van der Waals surface area contributed by atoms with Crippen molar-refractivity contribution in [2.45, 2.75) is 32.5 Å². The smallest absolute Gasteiger partial charge is 0.362 e. The predicted octanol–water partition coefficient (Wildman–Crippen LogP) is 3.37. The molecule has 2 amide bonds. The molecule has 12 nitrogen and oxygen atoms in total. The van der Waals surface area contributed by atoms with Gasteiger partial charge in [0.25, 0.3) is 11.8 Å². The monoisotopic (exact) mass is 600 g/mol. The van der Waals surface area contributed by atoms with Gasteiger partial charge in [0.05, 0.1) is 19.8 Å². The van der Waals surface area contributed by atoms with Crippen LogP contribution in [0.25, 0.3) is 0 Å². The summed E-state index contributed by atoms with van der Waals surface area (Å²) in [5, 5.41) is 0. The van der Waals surface area contributed by atoms with Gasteiger partial charge in [-0.25, -0.2) is 10.2 Å². The maximum Gasteiger partial charge on any atom is 0.362 e. The summed E-state index contributed by atoms with van der Waals surface area (Å²) >= 11 is 0. The van der Waals surface area contributed by atoms with Gasteiger partial charge < -0.3 is 18.9 Å². The molecule has 2 N–H and O–H groups in total. The van der Waals surface area contributed by atoms with E-state index < -0.39 is 28.2 Å². The molecule has 0 saturated heterocycles. The molecule has 42 heavy (non-hydrogen) atoms. The Morgan fingerprint density at radius 2 is 1.76 bits per heavy atom.